The summed E-state index contributed by atoms with van der Waals surface area (Å²) in [6, 6.07) is 4.19. The fraction of sp³-hybridized carbons (Fsp3) is 0.444. The second kappa shape index (κ2) is 4.28. The first-order chi connectivity index (χ1) is 6.09. The Morgan fingerprint density at radius 2 is 2.15 bits per heavy atom. The van der Waals surface area contributed by atoms with E-state index in [4.69, 9.17) is 5.73 Å². The second-order valence-electron chi connectivity index (χ2n) is 2.97. The van der Waals surface area contributed by atoms with Crippen molar-refractivity contribution in [2.45, 2.75) is 25.8 Å². The van der Waals surface area contributed by atoms with E-state index in [0.29, 0.717) is 5.69 Å². The molecule has 1 heterocycles. The van der Waals surface area contributed by atoms with Gasteiger partial charge in [0.2, 0.25) is 0 Å². The van der Waals surface area contributed by atoms with Gasteiger partial charge in [-0.25, -0.2) is 8.78 Å². The van der Waals surface area contributed by atoms with Crippen LogP contribution in [0.5, 0.6) is 0 Å². The molecule has 1 unspecified atom stereocenters. The maximum Gasteiger partial charge on any atom is 0.253 e. The highest BCUT2D eigenvalue weighted by atomic mass is 19.3. The topological polar surface area (TPSA) is 38.9 Å². The van der Waals surface area contributed by atoms with Gasteiger partial charge in [-0.05, 0) is 19.1 Å². The number of halogens is 2. The summed E-state index contributed by atoms with van der Waals surface area (Å²) >= 11 is 0. The number of hydrogen-bond donors (Lipinski definition) is 1. The number of rotatable bonds is 3. The summed E-state index contributed by atoms with van der Waals surface area (Å²) in [4.78, 5) is 4.08. The fourth-order valence-electron chi connectivity index (χ4n) is 1.04. The number of nitrogens with zero attached hydrogens (tertiary/aromatic N) is 1. The smallest absolute Gasteiger partial charge is 0.253 e. The van der Waals surface area contributed by atoms with Crippen molar-refractivity contribution < 1.29 is 8.78 Å². The van der Waals surface area contributed by atoms with Gasteiger partial charge in [0.15, 0.2) is 0 Å². The molecule has 13 heavy (non-hydrogen) atoms. The molecule has 2 N–H and O–H groups in total. The van der Waals surface area contributed by atoms with Crippen molar-refractivity contribution >= 4 is 0 Å². The number of pyridine rings is 1. The van der Waals surface area contributed by atoms with Gasteiger partial charge in [0.25, 0.3) is 6.43 Å². The molecule has 72 valence electrons. The third-order valence-electron chi connectivity index (χ3n) is 1.71. The molecule has 0 fully saturated rings. The molecule has 0 radical (unpaired) electrons. The minimum Gasteiger partial charge on any atom is -0.323 e. The zero-order valence-corrected chi connectivity index (χ0v) is 7.37. The minimum atomic E-state index is -2.48. The highest BCUT2D eigenvalue weighted by Crippen LogP contribution is 2.06. The molecule has 1 aromatic rings. The van der Waals surface area contributed by atoms with E-state index in [0.717, 1.165) is 5.69 Å². The van der Waals surface area contributed by atoms with Crippen LogP contribution in [0.3, 0.4) is 0 Å². The summed E-state index contributed by atoms with van der Waals surface area (Å²) in [5.41, 5.74) is 6.65. The van der Waals surface area contributed by atoms with E-state index >= 15 is 0 Å². The van der Waals surface area contributed by atoms with Crippen molar-refractivity contribution in [2.75, 3.05) is 0 Å². The SMILES string of the molecule is Cc1cccc(CC(N)C(F)F)n1. The van der Waals surface area contributed by atoms with Crippen LogP contribution in [-0.4, -0.2) is 17.5 Å². The van der Waals surface area contributed by atoms with Crippen LogP contribution in [0.15, 0.2) is 18.2 Å². The third-order valence-corrected chi connectivity index (χ3v) is 1.71. The molecule has 0 aliphatic rings. The molecule has 2 nitrogen and oxygen atoms in total. The quantitative estimate of drug-likeness (QED) is 0.777. The molecule has 0 saturated carbocycles. The van der Waals surface area contributed by atoms with Crippen molar-refractivity contribution in [3.63, 3.8) is 0 Å². The average molecular weight is 186 g/mol. The van der Waals surface area contributed by atoms with Gasteiger partial charge in [0.05, 0.1) is 6.04 Å². The second-order valence-corrected chi connectivity index (χ2v) is 2.97. The van der Waals surface area contributed by atoms with Crippen LogP contribution in [0.2, 0.25) is 0 Å². The van der Waals surface area contributed by atoms with Gasteiger partial charge in [-0.2, -0.15) is 0 Å². The van der Waals surface area contributed by atoms with Crippen LogP contribution >= 0.6 is 0 Å². The van der Waals surface area contributed by atoms with E-state index < -0.39 is 12.5 Å². The molecule has 0 aliphatic heterocycles. The molecule has 0 spiro atoms. The number of aromatic nitrogens is 1. The van der Waals surface area contributed by atoms with E-state index in [9.17, 15) is 8.78 Å². The Balaban J connectivity index is 2.64. The lowest BCUT2D eigenvalue weighted by Gasteiger charge is -2.09. The Morgan fingerprint density at radius 1 is 1.46 bits per heavy atom. The molecule has 0 amide bonds. The van der Waals surface area contributed by atoms with Crippen LogP contribution < -0.4 is 5.73 Å². The highest BCUT2D eigenvalue weighted by molar-refractivity contribution is 5.11. The molecule has 1 aromatic heterocycles. The summed E-state index contributed by atoms with van der Waals surface area (Å²) in [6.07, 6.45) is -2.36. The Hall–Kier alpha value is -1.03. The summed E-state index contributed by atoms with van der Waals surface area (Å²) in [5, 5.41) is 0. The van der Waals surface area contributed by atoms with Crippen molar-refractivity contribution in [1.29, 1.82) is 0 Å². The molecule has 1 rings (SSSR count). The number of nitrogens with two attached hydrogens (primary N) is 1. The van der Waals surface area contributed by atoms with Crippen molar-refractivity contribution in [2.24, 2.45) is 5.73 Å². The first kappa shape index (κ1) is 10.1. The lowest BCUT2D eigenvalue weighted by molar-refractivity contribution is 0.115. The number of aryl methyl sites for hydroxylation is 1. The zero-order chi connectivity index (χ0) is 9.84. The van der Waals surface area contributed by atoms with Gasteiger partial charge in [-0.15, -0.1) is 0 Å². The summed E-state index contributed by atoms with van der Waals surface area (Å²) in [6.45, 7) is 1.82. The van der Waals surface area contributed by atoms with E-state index in [2.05, 4.69) is 4.98 Å². The van der Waals surface area contributed by atoms with E-state index in [1.54, 1.807) is 12.1 Å². The number of alkyl halides is 2. The monoisotopic (exact) mass is 186 g/mol. The third kappa shape index (κ3) is 3.06. The Bertz CT molecular complexity index is 276. The first-order valence-electron chi connectivity index (χ1n) is 4.06. The summed E-state index contributed by atoms with van der Waals surface area (Å²) in [7, 11) is 0. The van der Waals surface area contributed by atoms with Crippen molar-refractivity contribution in [3.8, 4) is 0 Å². The molecule has 4 heteroatoms. The number of hydrogen-bond acceptors (Lipinski definition) is 2. The summed E-state index contributed by atoms with van der Waals surface area (Å²) < 4.78 is 24.1. The normalized spacial score (nSPS) is 13.3. The maximum atomic E-state index is 12.1. The highest BCUT2D eigenvalue weighted by Gasteiger charge is 2.15. The standard InChI is InChI=1S/C9H12F2N2/c1-6-3-2-4-7(13-6)5-8(12)9(10)11/h2-4,8-9H,5,12H2,1H3. The van der Waals surface area contributed by atoms with Crippen LogP contribution in [-0.2, 0) is 6.42 Å². The maximum absolute atomic E-state index is 12.1. The predicted octanol–water partition coefficient (Wildman–Crippen LogP) is 1.52. The van der Waals surface area contributed by atoms with Crippen LogP contribution in [0.1, 0.15) is 11.4 Å². The van der Waals surface area contributed by atoms with Gasteiger partial charge in [0, 0.05) is 17.8 Å². The molecule has 0 saturated heterocycles. The first-order valence-corrected chi connectivity index (χ1v) is 4.06. The zero-order valence-electron chi connectivity index (χ0n) is 7.37. The van der Waals surface area contributed by atoms with Gasteiger partial charge < -0.3 is 5.73 Å². The van der Waals surface area contributed by atoms with Crippen LogP contribution in [0, 0.1) is 6.92 Å². The molecule has 0 aliphatic carbocycles. The van der Waals surface area contributed by atoms with Gasteiger partial charge in [-0.1, -0.05) is 6.07 Å². The fourth-order valence-corrected chi connectivity index (χ4v) is 1.04. The molecule has 0 bridgehead atoms. The van der Waals surface area contributed by atoms with E-state index in [-0.39, 0.29) is 6.42 Å². The largest absolute Gasteiger partial charge is 0.323 e. The molecular formula is C9H12F2N2. The lowest BCUT2D eigenvalue weighted by atomic mass is 10.1. The molecule has 0 aromatic carbocycles. The van der Waals surface area contributed by atoms with Crippen LogP contribution in [0.25, 0.3) is 0 Å². The van der Waals surface area contributed by atoms with Gasteiger partial charge in [0.1, 0.15) is 0 Å². The van der Waals surface area contributed by atoms with E-state index in [1.165, 1.54) is 0 Å². The Labute approximate surface area is 75.8 Å². The lowest BCUT2D eigenvalue weighted by Crippen LogP contribution is -2.31. The van der Waals surface area contributed by atoms with Gasteiger partial charge in [-0.3, -0.25) is 4.98 Å². The molecule has 1 atom stereocenters. The van der Waals surface area contributed by atoms with Crippen molar-refractivity contribution in [1.82, 2.24) is 4.98 Å². The minimum absolute atomic E-state index is 0.124. The van der Waals surface area contributed by atoms with Gasteiger partial charge >= 0.3 is 0 Å². The molecular weight excluding hydrogens is 174 g/mol. The van der Waals surface area contributed by atoms with Crippen molar-refractivity contribution in [3.05, 3.63) is 29.6 Å². The summed E-state index contributed by atoms with van der Waals surface area (Å²) in [5.74, 6) is 0. The van der Waals surface area contributed by atoms with E-state index in [1.807, 2.05) is 13.0 Å². The average Bonchev–Trinajstić information content (AvgIpc) is 2.04. The Morgan fingerprint density at radius 3 is 2.69 bits per heavy atom. The Kier molecular flexibility index (Phi) is 3.31. The van der Waals surface area contributed by atoms with Crippen LogP contribution in [0.4, 0.5) is 8.78 Å². The predicted molar refractivity (Wildman–Crippen MR) is 46.7 cm³/mol.